The summed E-state index contributed by atoms with van der Waals surface area (Å²) in [5.41, 5.74) is 11.2. The van der Waals surface area contributed by atoms with Gasteiger partial charge in [0.2, 0.25) is 0 Å². The third kappa shape index (κ3) is 6.12. The fourth-order valence-corrected chi connectivity index (χ4v) is 5.87. The van der Waals surface area contributed by atoms with Crippen molar-refractivity contribution in [3.05, 3.63) is 151 Å². The van der Waals surface area contributed by atoms with Gasteiger partial charge in [0.05, 0.1) is 6.20 Å². The van der Waals surface area contributed by atoms with Crippen LogP contribution in [0.5, 0.6) is 11.5 Å². The molecule has 0 fully saturated rings. The average Bonchev–Trinajstić information content (AvgIpc) is 3.68. The van der Waals surface area contributed by atoms with Gasteiger partial charge in [0.1, 0.15) is 0 Å². The number of hydrogen-bond donors (Lipinski definition) is 0. The molecule has 6 heteroatoms. The van der Waals surface area contributed by atoms with Crippen molar-refractivity contribution in [1.29, 1.82) is 0 Å². The summed E-state index contributed by atoms with van der Waals surface area (Å²) < 4.78 is 8.13. The quantitative estimate of drug-likeness (QED) is 0.158. The molecule has 0 bridgehead atoms. The van der Waals surface area contributed by atoms with E-state index in [2.05, 4.69) is 123 Å². The van der Waals surface area contributed by atoms with Crippen LogP contribution in [-0.2, 0) is 26.5 Å². The Bertz CT molecular complexity index is 1970. The molecule has 0 spiro atoms. The number of para-hydroxylation sites is 2. The molecule has 1 aliphatic heterocycles. The van der Waals surface area contributed by atoms with E-state index in [-0.39, 0.29) is 26.5 Å². The minimum Gasteiger partial charge on any atom is -0.509 e. The van der Waals surface area contributed by atoms with E-state index in [1.165, 1.54) is 22.4 Å². The Morgan fingerprint density at radius 1 is 0.674 bits per heavy atom. The first-order chi connectivity index (χ1) is 21.7. The van der Waals surface area contributed by atoms with Crippen molar-refractivity contribution in [1.82, 2.24) is 9.78 Å². The average molecular weight is 783 g/mol. The number of nitrogens with zero attached hydrogens (tertiary/aromatic N) is 4. The van der Waals surface area contributed by atoms with Gasteiger partial charge in [-0.1, -0.05) is 75.4 Å². The van der Waals surface area contributed by atoms with Gasteiger partial charge in [-0.15, -0.1) is 48.8 Å². The maximum absolute atomic E-state index is 6.31. The van der Waals surface area contributed by atoms with E-state index in [1.807, 2.05) is 65.6 Å². The maximum Gasteiger partial charge on any atom is 0.0571 e. The van der Waals surface area contributed by atoms with Crippen molar-refractivity contribution < 1.29 is 25.8 Å². The van der Waals surface area contributed by atoms with Crippen molar-refractivity contribution in [3.63, 3.8) is 0 Å². The summed E-state index contributed by atoms with van der Waals surface area (Å²) >= 11 is 0. The van der Waals surface area contributed by atoms with Crippen LogP contribution in [0.3, 0.4) is 0 Å². The third-order valence-corrected chi connectivity index (χ3v) is 8.15. The normalized spacial score (nSPS) is 12.5. The Morgan fingerprint density at radius 2 is 1.26 bits per heavy atom. The van der Waals surface area contributed by atoms with Gasteiger partial charge in [0.15, 0.2) is 0 Å². The molecule has 0 N–H and O–H groups in total. The molecule has 6 aromatic rings. The molecule has 234 valence electrons. The molecule has 5 aromatic carbocycles. The standard InChI is InChI=1S/C40H35N4O.Pt/c1-28-21-32(40(3,4)5)22-29(2)39(28)43-27-42(37-19-9-10-20-38(37)43)33-15-11-17-35(23-33)45-36-18-12-16-34(24-36)44-26-31(25-41-44)30-13-7-6-8-14-30;/h6-22,25-27H,1-5H3;/q-3;. The van der Waals surface area contributed by atoms with E-state index < -0.39 is 0 Å². The first-order valence-electron chi connectivity index (χ1n) is 15.2. The molecule has 1 aliphatic rings. The predicted octanol–water partition coefficient (Wildman–Crippen LogP) is 10.3. The van der Waals surface area contributed by atoms with Gasteiger partial charge in [-0.05, 0) is 59.3 Å². The van der Waals surface area contributed by atoms with Crippen LogP contribution in [0.25, 0.3) is 16.8 Å². The molecule has 46 heavy (non-hydrogen) atoms. The van der Waals surface area contributed by atoms with Gasteiger partial charge < -0.3 is 14.5 Å². The Kier molecular flexibility index (Phi) is 8.63. The second-order valence-electron chi connectivity index (χ2n) is 12.5. The second kappa shape index (κ2) is 12.7. The zero-order chi connectivity index (χ0) is 31.1. The van der Waals surface area contributed by atoms with Crippen molar-refractivity contribution in [2.75, 3.05) is 9.80 Å². The predicted molar refractivity (Wildman–Crippen MR) is 183 cm³/mol. The molecule has 1 aromatic heterocycles. The first-order valence-corrected chi connectivity index (χ1v) is 15.2. The Hall–Kier alpha value is -4.60. The summed E-state index contributed by atoms with van der Waals surface area (Å²) in [5, 5.41) is 4.57. The largest absolute Gasteiger partial charge is 0.509 e. The monoisotopic (exact) mass is 782 g/mol. The summed E-state index contributed by atoms with van der Waals surface area (Å²) in [4.78, 5) is 4.46. The first kappa shape index (κ1) is 31.4. The SMILES string of the molecule is Cc1cc(C(C)(C)C)cc(C)c1N1[CH-]N(c2[c-]c(Oc3[c-]c(-n4cc(-c5ccccc5)cn4)ccc3)ccc2)c2ccccc21.[Pt]. The van der Waals surface area contributed by atoms with Gasteiger partial charge in [-0.2, -0.15) is 17.2 Å². The molecular weight excluding hydrogens is 748 g/mol. The number of rotatable bonds is 6. The molecule has 5 nitrogen and oxygen atoms in total. The summed E-state index contributed by atoms with van der Waals surface area (Å²) in [5.74, 6) is 1.20. The van der Waals surface area contributed by atoms with Gasteiger partial charge in [-0.3, -0.25) is 4.68 Å². The van der Waals surface area contributed by atoms with E-state index in [0.29, 0.717) is 11.5 Å². The van der Waals surface area contributed by atoms with E-state index in [9.17, 15) is 0 Å². The molecule has 0 unspecified atom stereocenters. The van der Waals surface area contributed by atoms with Crippen molar-refractivity contribution in [3.8, 4) is 28.3 Å². The van der Waals surface area contributed by atoms with Crippen LogP contribution in [0.2, 0.25) is 0 Å². The van der Waals surface area contributed by atoms with Crippen LogP contribution in [0, 0.1) is 32.6 Å². The van der Waals surface area contributed by atoms with Crippen LogP contribution < -0.4 is 14.5 Å². The Balaban J connectivity index is 0.00000372. The Labute approximate surface area is 286 Å². The minimum absolute atomic E-state index is 0. The Morgan fingerprint density at radius 3 is 1.91 bits per heavy atom. The van der Waals surface area contributed by atoms with Crippen molar-refractivity contribution in [2.24, 2.45) is 0 Å². The molecule has 2 heterocycles. The van der Waals surface area contributed by atoms with Crippen LogP contribution in [0.15, 0.2) is 116 Å². The van der Waals surface area contributed by atoms with Crippen LogP contribution in [0.4, 0.5) is 22.7 Å². The molecule has 0 atom stereocenters. The fourth-order valence-electron chi connectivity index (χ4n) is 5.87. The molecule has 0 saturated heterocycles. The van der Waals surface area contributed by atoms with Crippen LogP contribution in [-0.4, -0.2) is 9.78 Å². The molecule has 0 radical (unpaired) electrons. The number of aryl methyl sites for hydroxylation is 2. The van der Waals surface area contributed by atoms with Crippen molar-refractivity contribution >= 4 is 22.7 Å². The fraction of sp³-hybridized carbons (Fsp3) is 0.150. The van der Waals surface area contributed by atoms with Crippen molar-refractivity contribution in [2.45, 2.75) is 40.0 Å². The molecule has 0 amide bonds. The number of fused-ring (bicyclic) bond motifs is 1. The molecule has 0 saturated carbocycles. The van der Waals surface area contributed by atoms with E-state index in [4.69, 9.17) is 4.74 Å². The topological polar surface area (TPSA) is 33.5 Å². The maximum atomic E-state index is 6.31. The number of ether oxygens (including phenoxy) is 1. The van der Waals surface area contributed by atoms with Gasteiger partial charge >= 0.3 is 0 Å². The van der Waals surface area contributed by atoms with E-state index in [1.54, 1.807) is 0 Å². The van der Waals surface area contributed by atoms with Crippen LogP contribution in [0.1, 0.15) is 37.5 Å². The van der Waals surface area contributed by atoms with E-state index >= 15 is 0 Å². The number of hydrogen-bond acceptors (Lipinski definition) is 4. The second-order valence-corrected chi connectivity index (χ2v) is 12.5. The number of aromatic nitrogens is 2. The number of benzene rings is 5. The zero-order valence-corrected chi connectivity index (χ0v) is 28.8. The summed E-state index contributed by atoms with van der Waals surface area (Å²) in [6.45, 7) is 13.3. The van der Waals surface area contributed by atoms with Gasteiger partial charge in [0, 0.05) is 61.4 Å². The summed E-state index contributed by atoms with van der Waals surface area (Å²) in [6.07, 6.45) is 3.87. The van der Waals surface area contributed by atoms with E-state index in [0.717, 1.165) is 33.9 Å². The molecule has 7 rings (SSSR count). The van der Waals surface area contributed by atoms with Gasteiger partial charge in [0.25, 0.3) is 0 Å². The minimum atomic E-state index is 0. The third-order valence-electron chi connectivity index (χ3n) is 8.15. The van der Waals surface area contributed by atoms with Crippen LogP contribution >= 0.6 is 0 Å². The summed E-state index contributed by atoms with van der Waals surface area (Å²) in [7, 11) is 0. The molecule has 0 aliphatic carbocycles. The molecular formula is C40H35N4OPt-3. The van der Waals surface area contributed by atoms with Gasteiger partial charge in [-0.25, -0.2) is 0 Å². The zero-order valence-electron chi connectivity index (χ0n) is 26.6. The number of anilines is 4. The smallest absolute Gasteiger partial charge is 0.0571 e. The summed E-state index contributed by atoms with van der Waals surface area (Å²) in [6, 6.07) is 42.0.